The molecule has 1 aliphatic heterocycles. The van der Waals surface area contributed by atoms with Gasteiger partial charge in [0.1, 0.15) is 11.7 Å². The van der Waals surface area contributed by atoms with Crippen molar-refractivity contribution in [1.82, 2.24) is 19.9 Å². The fourth-order valence-corrected chi connectivity index (χ4v) is 3.48. The van der Waals surface area contributed by atoms with E-state index in [1.54, 1.807) is 6.20 Å². The first-order valence-corrected chi connectivity index (χ1v) is 9.11. The van der Waals surface area contributed by atoms with Gasteiger partial charge in [0.2, 0.25) is 11.8 Å². The Morgan fingerprint density at radius 3 is 3.00 bits per heavy atom. The summed E-state index contributed by atoms with van der Waals surface area (Å²) in [5.41, 5.74) is 2.26. The monoisotopic (exact) mass is 363 g/mol. The van der Waals surface area contributed by atoms with Crippen molar-refractivity contribution in [3.63, 3.8) is 0 Å². The summed E-state index contributed by atoms with van der Waals surface area (Å²) < 4.78 is 1.92. The van der Waals surface area contributed by atoms with Crippen LogP contribution in [0.3, 0.4) is 0 Å². The lowest BCUT2D eigenvalue weighted by Crippen LogP contribution is -2.31. The van der Waals surface area contributed by atoms with E-state index in [-0.39, 0.29) is 17.9 Å². The molecule has 27 heavy (non-hydrogen) atoms. The number of pyridine rings is 1. The highest BCUT2D eigenvalue weighted by Crippen LogP contribution is 2.27. The van der Waals surface area contributed by atoms with Crippen molar-refractivity contribution in [2.45, 2.75) is 32.2 Å². The molecule has 1 aromatic carbocycles. The molecule has 2 amide bonds. The Morgan fingerprint density at radius 1 is 1.26 bits per heavy atom. The van der Waals surface area contributed by atoms with Gasteiger partial charge in [0, 0.05) is 36.9 Å². The normalized spacial score (nSPS) is 17.4. The molecular formula is C20H21N5O2. The highest BCUT2D eigenvalue weighted by Gasteiger charge is 2.25. The largest absolute Gasteiger partial charge is 0.354 e. The maximum Gasteiger partial charge on any atom is 0.243 e. The van der Waals surface area contributed by atoms with E-state index in [0.717, 1.165) is 48.1 Å². The number of imidazole rings is 1. The fraction of sp³-hybridized carbons (Fsp3) is 0.300. The molecule has 7 nitrogen and oxygen atoms in total. The molecule has 2 N–H and O–H groups in total. The van der Waals surface area contributed by atoms with Crippen molar-refractivity contribution in [3.8, 4) is 11.5 Å². The summed E-state index contributed by atoms with van der Waals surface area (Å²) in [6, 6.07) is 9.17. The zero-order valence-electron chi connectivity index (χ0n) is 15.1. The minimum absolute atomic E-state index is 0.0347. The molecule has 1 atom stereocenters. The number of hydrogen-bond donors (Lipinski definition) is 2. The lowest BCUT2D eigenvalue weighted by atomic mass is 10.1. The number of nitrogens with one attached hydrogen (secondary N) is 2. The minimum atomic E-state index is -0.260. The molecule has 0 aliphatic carbocycles. The van der Waals surface area contributed by atoms with Crippen molar-refractivity contribution >= 4 is 28.4 Å². The molecule has 3 aromatic rings. The Balaban J connectivity index is 1.70. The van der Waals surface area contributed by atoms with E-state index in [2.05, 4.69) is 15.6 Å². The molecule has 1 aliphatic rings. The number of benzene rings is 1. The molecule has 0 bridgehead atoms. The first-order valence-electron chi connectivity index (χ1n) is 9.11. The Kier molecular flexibility index (Phi) is 4.58. The van der Waals surface area contributed by atoms with Gasteiger partial charge < -0.3 is 15.2 Å². The van der Waals surface area contributed by atoms with Crippen LogP contribution in [0.25, 0.3) is 22.4 Å². The second-order valence-corrected chi connectivity index (χ2v) is 6.75. The summed E-state index contributed by atoms with van der Waals surface area (Å²) in [5, 5.41) is 6.67. The average Bonchev–Trinajstić information content (AvgIpc) is 3.03. The van der Waals surface area contributed by atoms with Crippen LogP contribution in [0.2, 0.25) is 0 Å². The zero-order chi connectivity index (χ0) is 18.8. The molecule has 138 valence electrons. The topological polar surface area (TPSA) is 88.9 Å². The maximum atomic E-state index is 12.4. The number of aromatic nitrogens is 3. The third-order valence-electron chi connectivity index (χ3n) is 4.75. The van der Waals surface area contributed by atoms with E-state index < -0.39 is 0 Å². The third kappa shape index (κ3) is 3.53. The van der Waals surface area contributed by atoms with Crippen LogP contribution in [-0.4, -0.2) is 32.9 Å². The average molecular weight is 363 g/mol. The molecule has 1 unspecified atom stereocenters. The predicted molar refractivity (Wildman–Crippen MR) is 103 cm³/mol. The van der Waals surface area contributed by atoms with Crippen LogP contribution in [0.15, 0.2) is 42.7 Å². The Labute approximate surface area is 156 Å². The van der Waals surface area contributed by atoms with Gasteiger partial charge in [-0.25, -0.2) is 9.97 Å². The summed E-state index contributed by atoms with van der Waals surface area (Å²) in [6.07, 6.45) is 6.34. The van der Waals surface area contributed by atoms with Crippen molar-refractivity contribution in [3.05, 3.63) is 42.7 Å². The molecule has 0 spiro atoms. The van der Waals surface area contributed by atoms with Gasteiger partial charge in [-0.3, -0.25) is 9.59 Å². The molecule has 0 radical (unpaired) electrons. The SMILES string of the molecule is CC(=O)Nc1ccc2nc(-c3nccn3C3CCCCNC3=O)ccc2c1. The quantitative estimate of drug-likeness (QED) is 0.749. The smallest absolute Gasteiger partial charge is 0.243 e. The van der Waals surface area contributed by atoms with Crippen molar-refractivity contribution in [2.75, 3.05) is 11.9 Å². The van der Waals surface area contributed by atoms with Crippen LogP contribution in [0.1, 0.15) is 32.2 Å². The van der Waals surface area contributed by atoms with Gasteiger partial charge >= 0.3 is 0 Å². The Hall–Kier alpha value is -3.22. The van der Waals surface area contributed by atoms with E-state index in [1.807, 2.05) is 41.1 Å². The summed E-state index contributed by atoms with van der Waals surface area (Å²) in [4.78, 5) is 32.8. The first kappa shape index (κ1) is 17.2. The zero-order valence-corrected chi connectivity index (χ0v) is 15.1. The Morgan fingerprint density at radius 2 is 2.15 bits per heavy atom. The molecule has 4 rings (SSSR count). The number of amides is 2. The lowest BCUT2D eigenvalue weighted by molar-refractivity contribution is -0.124. The predicted octanol–water partition coefficient (Wildman–Crippen LogP) is 2.90. The number of rotatable bonds is 3. The van der Waals surface area contributed by atoms with Crippen molar-refractivity contribution in [1.29, 1.82) is 0 Å². The Bertz CT molecular complexity index is 1010. The van der Waals surface area contributed by atoms with Gasteiger partial charge in [0.05, 0.1) is 5.52 Å². The molecule has 1 fully saturated rings. The van der Waals surface area contributed by atoms with E-state index in [1.165, 1.54) is 6.92 Å². The van der Waals surface area contributed by atoms with Crippen LogP contribution in [-0.2, 0) is 9.59 Å². The number of carbonyl (C=O) groups is 2. The highest BCUT2D eigenvalue weighted by molar-refractivity contribution is 5.92. The van der Waals surface area contributed by atoms with E-state index in [0.29, 0.717) is 5.82 Å². The molecule has 1 saturated heterocycles. The first-order chi connectivity index (χ1) is 13.1. The number of hydrogen-bond acceptors (Lipinski definition) is 4. The molecule has 0 saturated carbocycles. The highest BCUT2D eigenvalue weighted by atomic mass is 16.2. The lowest BCUT2D eigenvalue weighted by Gasteiger charge is -2.17. The molecule has 3 heterocycles. The van der Waals surface area contributed by atoms with Gasteiger partial charge in [0.25, 0.3) is 0 Å². The summed E-state index contributed by atoms with van der Waals surface area (Å²) >= 11 is 0. The van der Waals surface area contributed by atoms with Crippen LogP contribution >= 0.6 is 0 Å². The molecule has 7 heteroatoms. The van der Waals surface area contributed by atoms with Gasteiger partial charge in [-0.15, -0.1) is 0 Å². The van der Waals surface area contributed by atoms with Crippen LogP contribution in [0.5, 0.6) is 0 Å². The summed E-state index contributed by atoms with van der Waals surface area (Å²) in [7, 11) is 0. The second-order valence-electron chi connectivity index (χ2n) is 6.75. The van der Waals surface area contributed by atoms with Crippen LogP contribution < -0.4 is 10.6 Å². The molecular weight excluding hydrogens is 342 g/mol. The fourth-order valence-electron chi connectivity index (χ4n) is 3.48. The van der Waals surface area contributed by atoms with E-state index in [4.69, 9.17) is 4.98 Å². The van der Waals surface area contributed by atoms with Gasteiger partial charge in [-0.2, -0.15) is 0 Å². The number of fused-ring (bicyclic) bond motifs is 1. The van der Waals surface area contributed by atoms with Crippen LogP contribution in [0, 0.1) is 0 Å². The number of carbonyl (C=O) groups excluding carboxylic acids is 2. The minimum Gasteiger partial charge on any atom is -0.354 e. The van der Waals surface area contributed by atoms with Gasteiger partial charge in [0.15, 0.2) is 5.82 Å². The van der Waals surface area contributed by atoms with E-state index in [9.17, 15) is 9.59 Å². The van der Waals surface area contributed by atoms with Crippen molar-refractivity contribution < 1.29 is 9.59 Å². The van der Waals surface area contributed by atoms with E-state index >= 15 is 0 Å². The third-order valence-corrected chi connectivity index (χ3v) is 4.75. The summed E-state index contributed by atoms with van der Waals surface area (Å²) in [5.74, 6) is 0.611. The standard InChI is InChI=1S/C20H21N5O2/c1-13(26)23-15-6-8-16-14(12-15)5-7-17(24-16)19-21-10-11-25(19)18-4-2-3-9-22-20(18)27/h5-8,10-12,18H,2-4,9H2,1H3,(H,22,27)(H,23,26). The molecule has 2 aromatic heterocycles. The van der Waals surface area contributed by atoms with Gasteiger partial charge in [-0.1, -0.05) is 6.07 Å². The van der Waals surface area contributed by atoms with Crippen LogP contribution in [0.4, 0.5) is 5.69 Å². The van der Waals surface area contributed by atoms with Gasteiger partial charge in [-0.05, 0) is 43.5 Å². The maximum absolute atomic E-state index is 12.4. The van der Waals surface area contributed by atoms with Crippen molar-refractivity contribution in [2.24, 2.45) is 0 Å². The number of nitrogens with zero attached hydrogens (tertiary/aromatic N) is 3. The summed E-state index contributed by atoms with van der Waals surface area (Å²) in [6.45, 7) is 2.21. The number of anilines is 1. The second kappa shape index (κ2) is 7.19.